The Bertz CT molecular complexity index is 303. The Morgan fingerprint density at radius 2 is 1.93 bits per heavy atom. The van der Waals surface area contributed by atoms with Gasteiger partial charge in [-0.25, -0.2) is 4.58 Å². The average Bonchev–Trinajstić information content (AvgIpc) is 2.88. The highest BCUT2D eigenvalue weighted by Gasteiger charge is 2.54. The Balaban J connectivity index is 1.78. The summed E-state index contributed by atoms with van der Waals surface area (Å²) in [6.07, 6.45) is 5.59. The third-order valence-corrected chi connectivity index (χ3v) is 4.03. The first-order chi connectivity index (χ1) is 7.11. The van der Waals surface area contributed by atoms with Crippen LogP contribution in [0.2, 0.25) is 0 Å². The van der Waals surface area contributed by atoms with E-state index >= 15 is 0 Å². The van der Waals surface area contributed by atoms with Crippen LogP contribution in [0.3, 0.4) is 0 Å². The molecule has 3 heteroatoms. The van der Waals surface area contributed by atoms with Gasteiger partial charge in [-0.15, -0.1) is 0 Å². The summed E-state index contributed by atoms with van der Waals surface area (Å²) in [4.78, 5) is 0. The van der Waals surface area contributed by atoms with Crippen molar-refractivity contribution in [2.75, 3.05) is 19.8 Å². The van der Waals surface area contributed by atoms with Crippen molar-refractivity contribution in [2.24, 2.45) is 5.41 Å². The van der Waals surface area contributed by atoms with Gasteiger partial charge in [0.15, 0.2) is 11.8 Å². The summed E-state index contributed by atoms with van der Waals surface area (Å²) in [5, 5.41) is 0. The van der Waals surface area contributed by atoms with E-state index in [1.807, 2.05) is 0 Å². The Labute approximate surface area is 91.1 Å². The Morgan fingerprint density at radius 3 is 2.47 bits per heavy atom. The molecule has 0 radical (unpaired) electrons. The molecule has 1 aliphatic carbocycles. The van der Waals surface area contributed by atoms with E-state index in [-0.39, 0.29) is 5.79 Å². The van der Waals surface area contributed by atoms with E-state index in [9.17, 15) is 0 Å². The molecular formula is C12H20NO2+. The molecule has 1 unspecified atom stereocenters. The summed E-state index contributed by atoms with van der Waals surface area (Å²) in [7, 11) is 0. The molecule has 0 amide bonds. The summed E-state index contributed by atoms with van der Waals surface area (Å²) in [5.74, 6) is -0.240. The van der Waals surface area contributed by atoms with Crippen molar-refractivity contribution in [1.29, 1.82) is 0 Å². The van der Waals surface area contributed by atoms with E-state index in [0.29, 0.717) is 11.5 Å². The molecule has 1 atom stereocenters. The van der Waals surface area contributed by atoms with E-state index in [1.165, 1.54) is 13.0 Å². The molecule has 0 aromatic heterocycles. The molecule has 84 valence electrons. The number of ether oxygens (including phenoxy) is 2. The highest BCUT2D eigenvalue weighted by atomic mass is 16.7. The van der Waals surface area contributed by atoms with Gasteiger partial charge in [-0.1, -0.05) is 13.8 Å². The quantitative estimate of drug-likeness (QED) is 0.610. The van der Waals surface area contributed by atoms with Crippen LogP contribution in [0.1, 0.15) is 33.1 Å². The zero-order valence-corrected chi connectivity index (χ0v) is 9.66. The van der Waals surface area contributed by atoms with Crippen LogP contribution in [-0.2, 0) is 9.47 Å². The molecule has 3 nitrogen and oxygen atoms in total. The van der Waals surface area contributed by atoms with Gasteiger partial charge in [-0.05, 0) is 0 Å². The molecule has 0 aromatic carbocycles. The molecule has 3 aliphatic rings. The fourth-order valence-electron chi connectivity index (χ4n) is 3.31. The van der Waals surface area contributed by atoms with E-state index < -0.39 is 0 Å². The predicted molar refractivity (Wildman–Crippen MR) is 57.2 cm³/mol. The summed E-state index contributed by atoms with van der Waals surface area (Å²) in [6.45, 7) is 7.40. The minimum absolute atomic E-state index is 0.240. The highest BCUT2D eigenvalue weighted by Crippen LogP contribution is 2.46. The number of rotatable bonds is 1. The van der Waals surface area contributed by atoms with Crippen LogP contribution < -0.4 is 0 Å². The summed E-state index contributed by atoms with van der Waals surface area (Å²) >= 11 is 0. The van der Waals surface area contributed by atoms with Gasteiger partial charge in [0, 0.05) is 24.7 Å². The van der Waals surface area contributed by atoms with Crippen molar-refractivity contribution in [1.82, 2.24) is 0 Å². The topological polar surface area (TPSA) is 21.5 Å². The second-order valence-electron chi connectivity index (χ2n) is 5.71. The van der Waals surface area contributed by atoms with Crippen molar-refractivity contribution in [3.05, 3.63) is 0 Å². The minimum Gasteiger partial charge on any atom is -0.348 e. The monoisotopic (exact) mass is 210 g/mol. The number of hydrogen-bond acceptors (Lipinski definition) is 2. The van der Waals surface area contributed by atoms with Crippen LogP contribution in [-0.4, -0.2) is 42.4 Å². The maximum absolute atomic E-state index is 5.81. The van der Waals surface area contributed by atoms with Crippen molar-refractivity contribution in [3.63, 3.8) is 0 Å². The maximum Gasteiger partial charge on any atom is 0.218 e. The number of nitrogens with zero attached hydrogens (tertiary/aromatic N) is 1. The molecular weight excluding hydrogens is 190 g/mol. The lowest BCUT2D eigenvalue weighted by Crippen LogP contribution is -2.49. The van der Waals surface area contributed by atoms with Gasteiger partial charge in [-0.3, -0.25) is 0 Å². The molecule has 0 bridgehead atoms. The van der Waals surface area contributed by atoms with Crippen LogP contribution in [0.5, 0.6) is 0 Å². The van der Waals surface area contributed by atoms with Crippen LogP contribution in [0.15, 0.2) is 0 Å². The van der Waals surface area contributed by atoms with Crippen molar-refractivity contribution in [2.45, 2.75) is 44.9 Å². The van der Waals surface area contributed by atoms with Crippen molar-refractivity contribution < 1.29 is 14.0 Å². The van der Waals surface area contributed by atoms with E-state index in [2.05, 4.69) is 24.6 Å². The standard InChI is InChI=1S/C12H20NO2/c1-11(2)9-12(14-7-8-15-12)4-3-10(11)13-5-6-13/h5,10H,3-4,6-9H2,1-2H3/q+1. The molecule has 2 fully saturated rings. The van der Waals surface area contributed by atoms with Crippen LogP contribution >= 0.6 is 0 Å². The summed E-state index contributed by atoms with van der Waals surface area (Å²) in [6, 6.07) is 0.691. The normalized spacial score (nSPS) is 36.7. The molecule has 1 saturated heterocycles. The molecule has 3 rings (SSSR count). The number of hydrogen-bond donors (Lipinski definition) is 0. The lowest BCUT2D eigenvalue weighted by atomic mass is 9.70. The van der Waals surface area contributed by atoms with Gasteiger partial charge in [0.05, 0.1) is 13.2 Å². The Kier molecular flexibility index (Phi) is 1.99. The van der Waals surface area contributed by atoms with Gasteiger partial charge in [0.25, 0.3) is 0 Å². The third kappa shape index (κ3) is 1.62. The molecule has 1 spiro atoms. The second-order valence-corrected chi connectivity index (χ2v) is 5.71. The first kappa shape index (κ1) is 9.79. The van der Waals surface area contributed by atoms with Gasteiger partial charge in [0.1, 0.15) is 0 Å². The smallest absolute Gasteiger partial charge is 0.218 e. The van der Waals surface area contributed by atoms with Gasteiger partial charge < -0.3 is 9.47 Å². The minimum atomic E-state index is -0.240. The molecule has 2 heterocycles. The Hall–Kier alpha value is -0.410. The fourth-order valence-corrected chi connectivity index (χ4v) is 3.31. The van der Waals surface area contributed by atoms with Gasteiger partial charge >= 0.3 is 0 Å². The molecule has 15 heavy (non-hydrogen) atoms. The lowest BCUT2D eigenvalue weighted by Gasteiger charge is -2.42. The maximum atomic E-state index is 5.81. The lowest BCUT2D eigenvalue weighted by molar-refractivity contribution is -0.515. The Morgan fingerprint density at radius 1 is 1.27 bits per heavy atom. The molecule has 0 N–H and O–H groups in total. The predicted octanol–water partition coefficient (Wildman–Crippen LogP) is 1.41. The van der Waals surface area contributed by atoms with Crippen LogP contribution in [0.25, 0.3) is 0 Å². The van der Waals surface area contributed by atoms with E-state index in [1.54, 1.807) is 0 Å². The average molecular weight is 210 g/mol. The first-order valence-corrected chi connectivity index (χ1v) is 5.98. The van der Waals surface area contributed by atoms with Gasteiger partial charge in [0.2, 0.25) is 12.8 Å². The fraction of sp³-hybridized carbons (Fsp3) is 0.917. The zero-order valence-electron chi connectivity index (χ0n) is 9.66. The highest BCUT2D eigenvalue weighted by molar-refractivity contribution is 5.61. The summed E-state index contributed by atoms with van der Waals surface area (Å²) < 4.78 is 14.1. The van der Waals surface area contributed by atoms with Gasteiger partial charge in [-0.2, -0.15) is 0 Å². The van der Waals surface area contributed by atoms with Crippen molar-refractivity contribution in [3.8, 4) is 0 Å². The van der Waals surface area contributed by atoms with Crippen LogP contribution in [0, 0.1) is 5.41 Å². The molecule has 1 saturated carbocycles. The zero-order chi connectivity index (χ0) is 10.5. The molecule has 0 aromatic rings. The summed E-state index contributed by atoms with van der Waals surface area (Å²) in [5.41, 5.74) is 0.301. The largest absolute Gasteiger partial charge is 0.348 e. The SMILES string of the molecule is CC1(C)CC2(CCC1[N+]1=CC1)OCCO2. The first-order valence-electron chi connectivity index (χ1n) is 5.98. The molecule has 2 aliphatic heterocycles. The van der Waals surface area contributed by atoms with Crippen LogP contribution in [0.4, 0.5) is 0 Å². The third-order valence-electron chi connectivity index (χ3n) is 4.03. The second kappa shape index (κ2) is 3.05. The van der Waals surface area contributed by atoms with E-state index in [4.69, 9.17) is 9.47 Å². The van der Waals surface area contributed by atoms with E-state index in [0.717, 1.165) is 26.1 Å². The van der Waals surface area contributed by atoms with Crippen molar-refractivity contribution >= 4 is 6.21 Å².